The van der Waals surface area contributed by atoms with Crippen molar-refractivity contribution in [2.45, 2.75) is 32.0 Å². The number of carbonyl (C=O) groups is 1. The highest BCUT2D eigenvalue weighted by Gasteiger charge is 2.34. The number of benzene rings is 1. The van der Waals surface area contributed by atoms with Gasteiger partial charge in [-0.3, -0.25) is 9.69 Å². The predicted octanol–water partition coefficient (Wildman–Crippen LogP) is 3.25. The molecular formula is C21H32F3N3O2. The number of likely N-dealkylation sites (tertiary alicyclic amines) is 1. The largest absolute Gasteiger partial charge is 0.496 e. The number of piperidine rings is 1. The maximum atomic E-state index is 12.7. The molecular weight excluding hydrogens is 383 g/mol. The summed E-state index contributed by atoms with van der Waals surface area (Å²) in [5.74, 6) is 0.168. The van der Waals surface area contributed by atoms with Gasteiger partial charge in [0.2, 0.25) is 5.91 Å². The Morgan fingerprint density at radius 2 is 1.97 bits per heavy atom. The van der Waals surface area contributed by atoms with Gasteiger partial charge in [-0.25, -0.2) is 0 Å². The summed E-state index contributed by atoms with van der Waals surface area (Å²) in [6.07, 6.45) is -3.98. The van der Waals surface area contributed by atoms with E-state index >= 15 is 0 Å². The number of rotatable bonds is 9. The van der Waals surface area contributed by atoms with Gasteiger partial charge in [0.15, 0.2) is 0 Å². The lowest BCUT2D eigenvalue weighted by Gasteiger charge is -2.36. The monoisotopic (exact) mass is 415 g/mol. The second kappa shape index (κ2) is 10.8. The Bertz CT molecular complexity index is 652. The number of likely N-dealkylation sites (N-methyl/N-ethyl adjacent to an activating group) is 1. The molecule has 0 spiro atoms. The zero-order valence-electron chi connectivity index (χ0n) is 17.5. The van der Waals surface area contributed by atoms with Crippen LogP contribution < -0.4 is 4.74 Å². The Labute approximate surface area is 171 Å². The smallest absolute Gasteiger partial charge is 0.397 e. The van der Waals surface area contributed by atoms with E-state index in [0.29, 0.717) is 19.6 Å². The van der Waals surface area contributed by atoms with Gasteiger partial charge in [-0.2, -0.15) is 13.2 Å². The Balaban J connectivity index is 1.99. The van der Waals surface area contributed by atoms with Gasteiger partial charge < -0.3 is 14.5 Å². The molecule has 0 aromatic heterocycles. The van der Waals surface area contributed by atoms with E-state index in [9.17, 15) is 18.0 Å². The van der Waals surface area contributed by atoms with Crippen LogP contribution in [0.25, 0.3) is 0 Å². The molecule has 5 nitrogen and oxygen atoms in total. The lowest BCUT2D eigenvalue weighted by Crippen LogP contribution is -2.45. The molecule has 0 bridgehead atoms. The van der Waals surface area contributed by atoms with Crippen LogP contribution in [0.15, 0.2) is 24.3 Å². The zero-order valence-corrected chi connectivity index (χ0v) is 17.5. The predicted molar refractivity (Wildman–Crippen MR) is 107 cm³/mol. The lowest BCUT2D eigenvalue weighted by atomic mass is 9.96. The SMILES string of the molecule is COc1ccccc1CN1CCCC(CN(CCN(C)C)C(=O)CC(F)(F)F)C1. The van der Waals surface area contributed by atoms with Crippen molar-refractivity contribution in [3.63, 3.8) is 0 Å². The first-order valence-corrected chi connectivity index (χ1v) is 10.0. The van der Waals surface area contributed by atoms with Crippen LogP contribution in [0.4, 0.5) is 13.2 Å². The van der Waals surface area contributed by atoms with E-state index in [4.69, 9.17) is 4.74 Å². The number of carbonyl (C=O) groups excluding carboxylic acids is 1. The van der Waals surface area contributed by atoms with Crippen LogP contribution >= 0.6 is 0 Å². The average Bonchev–Trinajstić information content (AvgIpc) is 2.64. The summed E-state index contributed by atoms with van der Waals surface area (Å²) in [6.45, 7) is 3.64. The fourth-order valence-corrected chi connectivity index (χ4v) is 3.75. The Hall–Kier alpha value is -1.80. The van der Waals surface area contributed by atoms with Crippen molar-refractivity contribution < 1.29 is 22.7 Å². The molecule has 1 aliphatic heterocycles. The number of hydrogen-bond donors (Lipinski definition) is 0. The maximum Gasteiger partial charge on any atom is 0.397 e. The van der Waals surface area contributed by atoms with E-state index < -0.39 is 18.5 Å². The molecule has 0 saturated carbocycles. The molecule has 1 atom stereocenters. The molecule has 1 fully saturated rings. The quantitative estimate of drug-likeness (QED) is 0.620. The molecule has 1 saturated heterocycles. The molecule has 0 N–H and O–H groups in total. The highest BCUT2D eigenvalue weighted by atomic mass is 19.4. The number of nitrogens with zero attached hydrogens (tertiary/aromatic N) is 3. The van der Waals surface area contributed by atoms with Gasteiger partial charge in [-0.15, -0.1) is 0 Å². The Morgan fingerprint density at radius 1 is 1.24 bits per heavy atom. The highest BCUT2D eigenvalue weighted by Crippen LogP contribution is 2.25. The zero-order chi connectivity index (χ0) is 21.4. The number of methoxy groups -OCH3 is 1. The summed E-state index contributed by atoms with van der Waals surface area (Å²) in [7, 11) is 5.34. The highest BCUT2D eigenvalue weighted by molar-refractivity contribution is 5.76. The minimum Gasteiger partial charge on any atom is -0.496 e. The minimum absolute atomic E-state index is 0.165. The second-order valence-corrected chi connectivity index (χ2v) is 7.99. The third-order valence-corrected chi connectivity index (χ3v) is 5.19. The molecule has 164 valence electrons. The minimum atomic E-state index is -4.48. The van der Waals surface area contributed by atoms with Gasteiger partial charge in [0, 0.05) is 38.3 Å². The molecule has 0 aliphatic carbocycles. The summed E-state index contributed by atoms with van der Waals surface area (Å²) in [4.78, 5) is 17.8. The first-order chi connectivity index (χ1) is 13.7. The van der Waals surface area contributed by atoms with Gasteiger partial charge in [-0.05, 0) is 45.5 Å². The van der Waals surface area contributed by atoms with Gasteiger partial charge in [0.1, 0.15) is 12.2 Å². The van der Waals surface area contributed by atoms with Crippen LogP contribution in [-0.4, -0.2) is 80.7 Å². The summed E-state index contributed by atoms with van der Waals surface area (Å²) in [5, 5.41) is 0. The van der Waals surface area contributed by atoms with E-state index in [2.05, 4.69) is 4.90 Å². The average molecular weight is 416 g/mol. The molecule has 1 heterocycles. The van der Waals surface area contributed by atoms with Crippen molar-refractivity contribution in [2.24, 2.45) is 5.92 Å². The van der Waals surface area contributed by atoms with E-state index in [0.717, 1.165) is 43.8 Å². The Kier molecular flexibility index (Phi) is 8.77. The number of alkyl halides is 3. The first kappa shape index (κ1) is 23.5. The number of para-hydroxylation sites is 1. The van der Waals surface area contributed by atoms with Crippen LogP contribution in [0.2, 0.25) is 0 Å². The standard InChI is InChI=1S/C21H32F3N3O2/c1-25(2)11-12-27(20(28)13-21(22,23)24)15-17-7-6-10-26(14-17)16-18-8-4-5-9-19(18)29-3/h4-5,8-9,17H,6-7,10-16H2,1-3H3. The van der Waals surface area contributed by atoms with Crippen LogP contribution in [0.5, 0.6) is 5.75 Å². The van der Waals surface area contributed by atoms with Crippen molar-refractivity contribution in [2.75, 3.05) is 53.9 Å². The number of amides is 1. The summed E-state index contributed by atoms with van der Waals surface area (Å²) < 4.78 is 43.6. The van der Waals surface area contributed by atoms with Crippen molar-refractivity contribution >= 4 is 5.91 Å². The van der Waals surface area contributed by atoms with Gasteiger partial charge >= 0.3 is 6.18 Å². The molecule has 29 heavy (non-hydrogen) atoms. The fraction of sp³-hybridized carbons (Fsp3) is 0.667. The third kappa shape index (κ3) is 8.22. The molecule has 8 heteroatoms. The van der Waals surface area contributed by atoms with Crippen molar-refractivity contribution in [1.82, 2.24) is 14.7 Å². The van der Waals surface area contributed by atoms with Crippen LogP contribution in [0.3, 0.4) is 0 Å². The molecule has 2 rings (SSSR count). The molecule has 1 aromatic carbocycles. The molecule has 1 amide bonds. The molecule has 1 unspecified atom stereocenters. The van der Waals surface area contributed by atoms with Crippen molar-refractivity contribution in [3.8, 4) is 5.75 Å². The second-order valence-electron chi connectivity index (χ2n) is 7.99. The number of hydrogen-bond acceptors (Lipinski definition) is 4. The summed E-state index contributed by atoms with van der Waals surface area (Å²) in [6, 6.07) is 7.85. The molecule has 0 radical (unpaired) electrons. The normalized spacial score (nSPS) is 18.1. The first-order valence-electron chi connectivity index (χ1n) is 10.0. The summed E-state index contributed by atoms with van der Waals surface area (Å²) in [5.41, 5.74) is 1.09. The molecule has 1 aromatic rings. The van der Waals surface area contributed by atoms with E-state index in [1.807, 2.05) is 43.3 Å². The fourth-order valence-electron chi connectivity index (χ4n) is 3.75. The lowest BCUT2D eigenvalue weighted by molar-refractivity contribution is -0.162. The van der Waals surface area contributed by atoms with Crippen LogP contribution in [-0.2, 0) is 11.3 Å². The van der Waals surface area contributed by atoms with Crippen molar-refractivity contribution in [1.29, 1.82) is 0 Å². The number of ether oxygens (including phenoxy) is 1. The van der Waals surface area contributed by atoms with E-state index in [1.165, 1.54) is 4.90 Å². The summed E-state index contributed by atoms with van der Waals surface area (Å²) >= 11 is 0. The van der Waals surface area contributed by atoms with E-state index in [1.54, 1.807) is 7.11 Å². The maximum absolute atomic E-state index is 12.7. The third-order valence-electron chi connectivity index (χ3n) is 5.19. The van der Waals surface area contributed by atoms with E-state index in [-0.39, 0.29) is 5.92 Å². The number of halogens is 3. The van der Waals surface area contributed by atoms with Gasteiger partial charge in [-0.1, -0.05) is 18.2 Å². The topological polar surface area (TPSA) is 36.0 Å². The van der Waals surface area contributed by atoms with Crippen molar-refractivity contribution in [3.05, 3.63) is 29.8 Å². The van der Waals surface area contributed by atoms with Gasteiger partial charge in [0.25, 0.3) is 0 Å². The Morgan fingerprint density at radius 3 is 2.62 bits per heavy atom. The van der Waals surface area contributed by atoms with Crippen LogP contribution in [0, 0.1) is 5.92 Å². The molecule has 1 aliphatic rings. The van der Waals surface area contributed by atoms with Gasteiger partial charge in [0.05, 0.1) is 7.11 Å². The van der Waals surface area contributed by atoms with Crippen LogP contribution in [0.1, 0.15) is 24.8 Å².